The Hall–Kier alpha value is -1.97. The van der Waals surface area contributed by atoms with Crippen LogP contribution in [0.4, 0.5) is 0 Å². The molecule has 0 aliphatic carbocycles. The van der Waals surface area contributed by atoms with E-state index in [9.17, 15) is 19.5 Å². The molecule has 0 spiro atoms. The number of esters is 2. The largest absolute Gasteiger partial charge is 0.545 e. The van der Waals surface area contributed by atoms with E-state index in [-0.39, 0.29) is 32.2 Å². The summed E-state index contributed by atoms with van der Waals surface area (Å²) in [7, 11) is 5.95. The Morgan fingerprint density at radius 2 is 0.586 bits per heavy atom. The lowest BCUT2D eigenvalue weighted by atomic mass is 10.0. The zero-order chi connectivity index (χ0) is 63.3. The van der Waals surface area contributed by atoms with Crippen LogP contribution in [0.25, 0.3) is 0 Å². The number of aliphatic carboxylic acids is 1. The SMILES string of the molecule is CCCCCCCCCC/C=C\CCCCCCCCCCCCCCCCCCCC(=O)OC(COC(=O)CCCCCCCCCCCCCCCCCCCCCCCCCCCCCCCCCCC)COC(OCC[N+](C)(C)C)C(=O)[O-]. The summed E-state index contributed by atoms with van der Waals surface area (Å²) in [5, 5.41) is 11.8. The van der Waals surface area contributed by atoms with Crippen molar-refractivity contribution in [1.29, 1.82) is 0 Å². The average Bonchev–Trinajstić information content (AvgIpc) is 3.57. The predicted octanol–water partition coefficient (Wildman–Crippen LogP) is 23.0. The van der Waals surface area contributed by atoms with Crippen LogP contribution in [-0.4, -0.2) is 82.3 Å². The molecule has 516 valence electrons. The van der Waals surface area contributed by atoms with E-state index in [0.717, 1.165) is 38.5 Å². The first-order valence-electron chi connectivity index (χ1n) is 38.8. The maximum absolute atomic E-state index is 13.0. The summed E-state index contributed by atoms with van der Waals surface area (Å²) in [4.78, 5) is 37.6. The first kappa shape index (κ1) is 85.0. The van der Waals surface area contributed by atoms with Crippen LogP contribution in [-0.2, 0) is 33.3 Å². The van der Waals surface area contributed by atoms with Crippen molar-refractivity contribution in [2.24, 2.45) is 0 Å². The number of allylic oxidation sites excluding steroid dienone is 2. The number of carboxylic acid groups (broad SMARTS) is 1. The summed E-state index contributed by atoms with van der Waals surface area (Å²) in [6.45, 7) is 4.84. The molecule has 2 unspecified atom stereocenters. The van der Waals surface area contributed by atoms with Gasteiger partial charge in [0.25, 0.3) is 0 Å². The number of quaternary nitrogens is 1. The molecule has 0 rings (SSSR count). The van der Waals surface area contributed by atoms with Crippen molar-refractivity contribution in [2.45, 2.75) is 424 Å². The second kappa shape index (κ2) is 69.9. The molecule has 0 saturated heterocycles. The molecule has 0 amide bonds. The molecule has 0 bridgehead atoms. The first-order valence-corrected chi connectivity index (χ1v) is 38.8. The summed E-state index contributed by atoms with van der Waals surface area (Å²) >= 11 is 0. The molecular formula is C78H151NO8. The van der Waals surface area contributed by atoms with Gasteiger partial charge in [-0.25, -0.2) is 0 Å². The molecule has 0 saturated carbocycles. The normalized spacial score (nSPS) is 12.6. The quantitative estimate of drug-likeness (QED) is 0.0195. The number of unbranched alkanes of at least 4 members (excludes halogenated alkanes) is 57. The third kappa shape index (κ3) is 71.3. The first-order chi connectivity index (χ1) is 42.6. The van der Waals surface area contributed by atoms with Crippen LogP contribution in [0.15, 0.2) is 12.2 Å². The van der Waals surface area contributed by atoms with E-state index in [1.54, 1.807) is 0 Å². The zero-order valence-electron chi connectivity index (χ0n) is 59.2. The van der Waals surface area contributed by atoms with Crippen molar-refractivity contribution in [2.75, 3.05) is 47.5 Å². The highest BCUT2D eigenvalue weighted by Gasteiger charge is 2.22. The lowest BCUT2D eigenvalue weighted by Crippen LogP contribution is -2.44. The molecule has 0 fully saturated rings. The molecule has 0 aromatic rings. The summed E-state index contributed by atoms with van der Waals surface area (Å²) in [5.74, 6) is -2.24. The van der Waals surface area contributed by atoms with Crippen LogP contribution in [0.5, 0.6) is 0 Å². The maximum atomic E-state index is 13.0. The minimum Gasteiger partial charge on any atom is -0.545 e. The second-order valence-corrected chi connectivity index (χ2v) is 28.0. The predicted molar refractivity (Wildman–Crippen MR) is 371 cm³/mol. The van der Waals surface area contributed by atoms with E-state index in [2.05, 4.69) is 26.0 Å². The second-order valence-electron chi connectivity index (χ2n) is 28.0. The lowest BCUT2D eigenvalue weighted by molar-refractivity contribution is -0.870. The topological polar surface area (TPSA) is 111 Å². The van der Waals surface area contributed by atoms with Crippen molar-refractivity contribution in [1.82, 2.24) is 0 Å². The van der Waals surface area contributed by atoms with Gasteiger partial charge in [0.05, 0.1) is 40.3 Å². The number of hydrogen-bond acceptors (Lipinski definition) is 8. The van der Waals surface area contributed by atoms with Gasteiger partial charge < -0.3 is 33.3 Å². The van der Waals surface area contributed by atoms with E-state index in [4.69, 9.17) is 18.9 Å². The van der Waals surface area contributed by atoms with E-state index in [0.29, 0.717) is 17.4 Å². The summed E-state index contributed by atoms with van der Waals surface area (Å²) in [5.41, 5.74) is 0. The number of nitrogens with zero attached hydrogens (tertiary/aromatic N) is 1. The fourth-order valence-electron chi connectivity index (χ4n) is 12.1. The van der Waals surface area contributed by atoms with Crippen molar-refractivity contribution < 1.29 is 42.9 Å². The van der Waals surface area contributed by atoms with Gasteiger partial charge in [-0.05, 0) is 38.5 Å². The van der Waals surface area contributed by atoms with Crippen LogP contribution in [0.3, 0.4) is 0 Å². The Morgan fingerprint density at radius 3 is 0.851 bits per heavy atom. The number of carbonyl (C=O) groups is 3. The fourth-order valence-corrected chi connectivity index (χ4v) is 12.1. The molecular weight excluding hydrogens is 1080 g/mol. The van der Waals surface area contributed by atoms with Crippen LogP contribution in [0.1, 0.15) is 412 Å². The van der Waals surface area contributed by atoms with Gasteiger partial charge in [-0.2, -0.15) is 0 Å². The molecule has 87 heavy (non-hydrogen) atoms. The van der Waals surface area contributed by atoms with Crippen molar-refractivity contribution >= 4 is 17.9 Å². The van der Waals surface area contributed by atoms with Gasteiger partial charge in [-0.15, -0.1) is 0 Å². The summed E-state index contributed by atoms with van der Waals surface area (Å²) in [6, 6.07) is 0. The number of carbonyl (C=O) groups excluding carboxylic acids is 3. The minimum absolute atomic E-state index is 0.153. The maximum Gasteiger partial charge on any atom is 0.306 e. The minimum atomic E-state index is -1.62. The van der Waals surface area contributed by atoms with E-state index in [1.165, 1.54) is 347 Å². The molecule has 0 heterocycles. The van der Waals surface area contributed by atoms with Crippen LogP contribution < -0.4 is 5.11 Å². The third-order valence-electron chi connectivity index (χ3n) is 18.0. The monoisotopic (exact) mass is 1230 g/mol. The Labute approximate surface area is 542 Å². The number of rotatable bonds is 74. The summed E-state index contributed by atoms with van der Waals surface area (Å²) < 4.78 is 22.9. The number of carboxylic acids is 1. The Bertz CT molecular complexity index is 1430. The molecule has 0 N–H and O–H groups in total. The van der Waals surface area contributed by atoms with Crippen LogP contribution in [0, 0.1) is 0 Å². The molecule has 9 nitrogen and oxygen atoms in total. The lowest BCUT2D eigenvalue weighted by Gasteiger charge is -2.26. The van der Waals surface area contributed by atoms with Crippen molar-refractivity contribution in [3.05, 3.63) is 12.2 Å². The van der Waals surface area contributed by atoms with E-state index < -0.39 is 24.3 Å². The average molecular weight is 1230 g/mol. The van der Waals surface area contributed by atoms with Gasteiger partial charge in [0.2, 0.25) is 0 Å². The molecule has 0 aromatic carbocycles. The van der Waals surface area contributed by atoms with E-state index in [1.807, 2.05) is 21.1 Å². The molecule has 9 heteroatoms. The number of ether oxygens (including phenoxy) is 4. The van der Waals surface area contributed by atoms with Crippen molar-refractivity contribution in [3.63, 3.8) is 0 Å². The number of hydrogen-bond donors (Lipinski definition) is 0. The van der Waals surface area contributed by atoms with Gasteiger partial charge in [0.1, 0.15) is 13.2 Å². The van der Waals surface area contributed by atoms with Crippen molar-refractivity contribution in [3.8, 4) is 0 Å². The molecule has 0 aliphatic heterocycles. The van der Waals surface area contributed by atoms with Gasteiger partial charge >= 0.3 is 11.9 Å². The standard InChI is InChI=1S/C78H151NO8/c1-6-8-10-12-14-16-18-20-22-24-26-28-30-32-34-36-37-38-39-41-42-44-46-48-50-52-54-56-58-60-62-64-66-68-75(80)85-72-74(73-86-78(77(82)83)84-71-70-79(3,4)5)87-76(81)69-67-65-63-61-59-57-55-53-51-49-47-45-43-40-35-33-31-29-27-25-23-21-19-17-15-13-11-9-7-2/h25,27,74,78H,6-24,26,28-73H2,1-5H3/b27-25-. The highest BCUT2D eigenvalue weighted by Crippen LogP contribution is 2.20. The van der Waals surface area contributed by atoms with Gasteiger partial charge in [0.15, 0.2) is 12.4 Å². The van der Waals surface area contributed by atoms with Gasteiger partial charge in [0, 0.05) is 12.8 Å². The molecule has 0 aliphatic rings. The smallest absolute Gasteiger partial charge is 0.306 e. The Morgan fingerprint density at radius 1 is 0.333 bits per heavy atom. The highest BCUT2D eigenvalue weighted by molar-refractivity contribution is 5.70. The molecule has 2 atom stereocenters. The molecule has 0 radical (unpaired) electrons. The van der Waals surface area contributed by atoms with Crippen LogP contribution >= 0.6 is 0 Å². The molecule has 0 aromatic heterocycles. The highest BCUT2D eigenvalue weighted by atomic mass is 16.7. The fraction of sp³-hybridized carbons (Fsp3) is 0.936. The third-order valence-corrected chi connectivity index (χ3v) is 18.0. The van der Waals surface area contributed by atoms with Gasteiger partial charge in [-0.3, -0.25) is 9.59 Å². The van der Waals surface area contributed by atoms with Gasteiger partial charge in [-0.1, -0.05) is 373 Å². The Balaban J connectivity index is 3.98. The zero-order valence-corrected chi connectivity index (χ0v) is 59.2. The van der Waals surface area contributed by atoms with Crippen LogP contribution in [0.2, 0.25) is 0 Å². The number of likely N-dealkylation sites (N-methyl/N-ethyl adjacent to an activating group) is 1. The Kier molecular flexibility index (Phi) is 68.3. The summed E-state index contributed by atoms with van der Waals surface area (Å²) in [6.07, 6.45) is 83.3. The van der Waals surface area contributed by atoms with E-state index >= 15 is 0 Å².